The van der Waals surface area contributed by atoms with Crippen LogP contribution in [0.5, 0.6) is 5.75 Å². The highest BCUT2D eigenvalue weighted by molar-refractivity contribution is 7.91. The molecule has 1 fully saturated rings. The van der Waals surface area contributed by atoms with Crippen LogP contribution in [0.2, 0.25) is 0 Å². The monoisotopic (exact) mass is 284 g/mol. The van der Waals surface area contributed by atoms with Crippen LogP contribution in [0.25, 0.3) is 0 Å². The van der Waals surface area contributed by atoms with E-state index >= 15 is 0 Å². The van der Waals surface area contributed by atoms with Gasteiger partial charge in [-0.25, -0.2) is 8.42 Å². The van der Waals surface area contributed by atoms with Gasteiger partial charge in [-0.1, -0.05) is 12.1 Å². The fourth-order valence-corrected chi connectivity index (χ4v) is 5.05. The lowest BCUT2D eigenvalue weighted by molar-refractivity contribution is 0.414. The van der Waals surface area contributed by atoms with Crippen molar-refractivity contribution >= 4 is 9.84 Å². The second-order valence-corrected chi connectivity index (χ2v) is 7.31. The lowest BCUT2D eigenvalue weighted by atomic mass is 9.99. The Morgan fingerprint density at radius 2 is 1.74 bits per heavy atom. The molecule has 1 aromatic rings. The minimum Gasteiger partial charge on any atom is -0.497 e. The molecular weight excluding hydrogens is 264 g/mol. The van der Waals surface area contributed by atoms with Crippen molar-refractivity contribution in [3.05, 3.63) is 29.8 Å². The van der Waals surface area contributed by atoms with Gasteiger partial charge in [0.05, 0.1) is 12.4 Å². The summed E-state index contributed by atoms with van der Waals surface area (Å²) in [6, 6.07) is 7.42. The molecule has 1 saturated carbocycles. The summed E-state index contributed by atoms with van der Waals surface area (Å²) in [7, 11) is -1.57. The molecule has 0 saturated heterocycles. The molecule has 0 radical (unpaired) electrons. The molecule has 2 atom stereocenters. The Balaban J connectivity index is 2.37. The summed E-state index contributed by atoms with van der Waals surface area (Å²) in [4.78, 5) is 0. The van der Waals surface area contributed by atoms with Gasteiger partial charge in [-0.3, -0.25) is 0 Å². The SMILES string of the molecule is COc1ccc([C@@H]2[C@@H](S(C)(=O)=O)C2(CN)CN)cc1. The maximum atomic E-state index is 11.9. The van der Waals surface area contributed by atoms with Crippen molar-refractivity contribution in [1.82, 2.24) is 0 Å². The number of benzene rings is 1. The highest BCUT2D eigenvalue weighted by Gasteiger charge is 2.68. The molecule has 0 spiro atoms. The molecule has 2 rings (SSSR count). The van der Waals surface area contributed by atoms with Gasteiger partial charge in [0.2, 0.25) is 0 Å². The zero-order valence-electron chi connectivity index (χ0n) is 11.2. The first-order valence-corrected chi connectivity index (χ1v) is 8.09. The van der Waals surface area contributed by atoms with Crippen LogP contribution in [-0.2, 0) is 9.84 Å². The molecule has 0 heterocycles. The van der Waals surface area contributed by atoms with Gasteiger partial charge >= 0.3 is 0 Å². The van der Waals surface area contributed by atoms with Crippen molar-refractivity contribution < 1.29 is 13.2 Å². The second kappa shape index (κ2) is 4.77. The number of methoxy groups -OCH3 is 1. The van der Waals surface area contributed by atoms with Gasteiger partial charge in [0.25, 0.3) is 0 Å². The third kappa shape index (κ3) is 2.24. The zero-order valence-corrected chi connectivity index (χ0v) is 12.0. The first kappa shape index (κ1) is 14.3. The predicted molar refractivity (Wildman–Crippen MR) is 74.9 cm³/mol. The number of rotatable bonds is 5. The largest absolute Gasteiger partial charge is 0.497 e. The minimum atomic E-state index is -3.17. The zero-order chi connectivity index (χ0) is 14.3. The number of hydrogen-bond acceptors (Lipinski definition) is 5. The summed E-state index contributed by atoms with van der Waals surface area (Å²) in [5.74, 6) is 0.620. The Bertz CT molecular complexity index is 550. The molecule has 1 aliphatic rings. The summed E-state index contributed by atoms with van der Waals surface area (Å²) in [5, 5.41) is -0.483. The highest BCUT2D eigenvalue weighted by Crippen LogP contribution is 2.61. The lowest BCUT2D eigenvalue weighted by Crippen LogP contribution is -2.31. The Morgan fingerprint density at radius 3 is 2.05 bits per heavy atom. The van der Waals surface area contributed by atoms with Crippen LogP contribution in [0.1, 0.15) is 11.5 Å². The second-order valence-electron chi connectivity index (χ2n) is 5.14. The van der Waals surface area contributed by atoms with Crippen LogP contribution in [-0.4, -0.2) is 40.1 Å². The molecule has 4 N–H and O–H groups in total. The predicted octanol–water partition coefficient (Wildman–Crippen LogP) is 0.109. The number of ether oxygens (including phenoxy) is 1. The third-order valence-corrected chi connectivity index (χ3v) is 5.74. The summed E-state index contributed by atoms with van der Waals surface area (Å²) in [6.45, 7) is 0.551. The van der Waals surface area contributed by atoms with E-state index in [4.69, 9.17) is 16.2 Å². The van der Waals surface area contributed by atoms with Crippen molar-refractivity contribution in [3.63, 3.8) is 0 Å². The number of nitrogens with two attached hydrogens (primary N) is 2. The van der Waals surface area contributed by atoms with Crippen LogP contribution in [0.4, 0.5) is 0 Å². The maximum Gasteiger partial charge on any atom is 0.151 e. The third-order valence-electron chi connectivity index (χ3n) is 4.08. The normalized spacial score (nSPS) is 25.1. The number of hydrogen-bond donors (Lipinski definition) is 2. The molecule has 0 amide bonds. The fourth-order valence-electron chi connectivity index (χ4n) is 3.01. The summed E-state index contributed by atoms with van der Waals surface area (Å²) in [6.07, 6.45) is 1.25. The quantitative estimate of drug-likeness (QED) is 0.800. The van der Waals surface area contributed by atoms with Crippen molar-refractivity contribution in [2.45, 2.75) is 11.2 Å². The first-order valence-electron chi connectivity index (χ1n) is 6.13. The summed E-state index contributed by atoms with van der Waals surface area (Å²) < 4.78 is 28.9. The Morgan fingerprint density at radius 1 is 1.21 bits per heavy atom. The molecule has 6 heteroatoms. The van der Waals surface area contributed by atoms with E-state index in [-0.39, 0.29) is 19.0 Å². The fraction of sp³-hybridized carbons (Fsp3) is 0.538. The molecule has 0 aromatic heterocycles. The first-order chi connectivity index (χ1) is 8.90. The molecule has 0 bridgehead atoms. The average molecular weight is 284 g/mol. The van der Waals surface area contributed by atoms with E-state index < -0.39 is 20.5 Å². The smallest absolute Gasteiger partial charge is 0.151 e. The standard InChI is InChI=1S/C13H20N2O3S/c1-18-10-5-3-9(4-6-10)11-12(19(2,16)17)13(11,7-14)8-15/h3-6,11-12H,7-8,14-15H2,1-2H3/t11-,12-/m1/s1. The van der Waals surface area contributed by atoms with Crippen molar-refractivity contribution in [2.24, 2.45) is 16.9 Å². The van der Waals surface area contributed by atoms with Gasteiger partial charge < -0.3 is 16.2 Å². The van der Waals surface area contributed by atoms with Gasteiger partial charge in [-0.2, -0.15) is 0 Å². The van der Waals surface area contributed by atoms with Crippen molar-refractivity contribution in [3.8, 4) is 5.75 Å². The summed E-state index contributed by atoms with van der Waals surface area (Å²) >= 11 is 0. The van der Waals surface area contributed by atoms with E-state index in [2.05, 4.69) is 0 Å². The van der Waals surface area contributed by atoms with E-state index in [1.165, 1.54) is 6.26 Å². The lowest BCUT2D eigenvalue weighted by Gasteiger charge is -2.12. The summed E-state index contributed by atoms with van der Waals surface area (Å²) in [5.41, 5.74) is 12.0. The van der Waals surface area contributed by atoms with Crippen molar-refractivity contribution in [1.29, 1.82) is 0 Å². The van der Waals surface area contributed by atoms with Crippen LogP contribution in [0.3, 0.4) is 0 Å². The Kier molecular flexibility index (Phi) is 3.59. The molecular formula is C13H20N2O3S. The molecule has 19 heavy (non-hydrogen) atoms. The molecule has 1 aromatic carbocycles. The number of sulfone groups is 1. The highest BCUT2D eigenvalue weighted by atomic mass is 32.2. The van der Waals surface area contributed by atoms with Gasteiger partial charge in [-0.05, 0) is 17.7 Å². The van der Waals surface area contributed by atoms with Gasteiger partial charge in [0.1, 0.15) is 5.75 Å². The van der Waals surface area contributed by atoms with Crippen LogP contribution >= 0.6 is 0 Å². The van der Waals surface area contributed by atoms with Crippen LogP contribution < -0.4 is 16.2 Å². The van der Waals surface area contributed by atoms with Crippen LogP contribution in [0, 0.1) is 5.41 Å². The molecule has 1 aliphatic carbocycles. The Labute approximate surface area is 113 Å². The average Bonchev–Trinajstić information content (AvgIpc) is 3.09. The van der Waals surface area contributed by atoms with E-state index in [1.807, 2.05) is 24.3 Å². The van der Waals surface area contributed by atoms with E-state index in [0.29, 0.717) is 0 Å². The van der Waals surface area contributed by atoms with Gasteiger partial charge in [-0.15, -0.1) is 0 Å². The topological polar surface area (TPSA) is 95.4 Å². The van der Waals surface area contributed by atoms with E-state index in [0.717, 1.165) is 11.3 Å². The maximum absolute atomic E-state index is 11.9. The molecule has 0 unspecified atom stereocenters. The Hall–Kier alpha value is -1.11. The molecule has 0 aliphatic heterocycles. The van der Waals surface area contributed by atoms with Gasteiger partial charge in [0.15, 0.2) is 9.84 Å². The van der Waals surface area contributed by atoms with Crippen LogP contribution in [0.15, 0.2) is 24.3 Å². The molecule has 5 nitrogen and oxygen atoms in total. The van der Waals surface area contributed by atoms with E-state index in [9.17, 15) is 8.42 Å². The van der Waals surface area contributed by atoms with Crippen molar-refractivity contribution in [2.75, 3.05) is 26.5 Å². The minimum absolute atomic E-state index is 0.122. The van der Waals surface area contributed by atoms with Gasteiger partial charge in [0, 0.05) is 30.7 Å². The molecule has 106 valence electrons. The van der Waals surface area contributed by atoms with E-state index in [1.54, 1.807) is 7.11 Å².